The number of rotatable bonds is 4. The summed E-state index contributed by atoms with van der Waals surface area (Å²) in [4.78, 5) is 0. The summed E-state index contributed by atoms with van der Waals surface area (Å²) in [5.41, 5.74) is 1.64. The van der Waals surface area contributed by atoms with Crippen LogP contribution in [-0.2, 0) is 4.74 Å². The Kier molecular flexibility index (Phi) is 5.22. The van der Waals surface area contributed by atoms with E-state index in [0.29, 0.717) is 0 Å². The molecule has 0 bridgehead atoms. The minimum atomic E-state index is -4.15. The van der Waals surface area contributed by atoms with Gasteiger partial charge in [-0.25, -0.2) is 0 Å². The van der Waals surface area contributed by atoms with Crippen molar-refractivity contribution in [3.05, 3.63) is 0 Å². The van der Waals surface area contributed by atoms with E-state index in [2.05, 4.69) is 0 Å². The van der Waals surface area contributed by atoms with Crippen LogP contribution in [0.1, 0.15) is 25.7 Å². The minimum Gasteiger partial charge on any atom is -0.376 e. The Labute approximate surface area is 91.7 Å². The summed E-state index contributed by atoms with van der Waals surface area (Å²) >= 11 is -0.0424. The molecule has 6 heteroatoms. The van der Waals surface area contributed by atoms with Gasteiger partial charge in [-0.1, -0.05) is 12.8 Å². The second-order valence-corrected chi connectivity index (χ2v) is 4.81. The zero-order valence-corrected chi connectivity index (χ0v) is 9.24. The van der Waals surface area contributed by atoms with Gasteiger partial charge in [0.05, 0.1) is 12.7 Å². The highest BCUT2D eigenvalue weighted by molar-refractivity contribution is 8.00. The van der Waals surface area contributed by atoms with E-state index in [0.717, 1.165) is 25.7 Å². The number of nitrogens with two attached hydrogens (primary N) is 1. The van der Waals surface area contributed by atoms with Gasteiger partial charge in [0.1, 0.15) is 0 Å². The molecule has 90 valence electrons. The number of alkyl halides is 3. The van der Waals surface area contributed by atoms with E-state index in [1.807, 2.05) is 0 Å². The number of halogens is 3. The van der Waals surface area contributed by atoms with Crippen LogP contribution < -0.4 is 5.73 Å². The first kappa shape index (κ1) is 13.1. The molecule has 1 saturated carbocycles. The molecule has 0 aromatic rings. The highest BCUT2D eigenvalue weighted by Gasteiger charge is 2.28. The van der Waals surface area contributed by atoms with Crippen LogP contribution >= 0.6 is 11.8 Å². The Hall–Kier alpha value is 0.0600. The third kappa shape index (κ3) is 5.63. The molecule has 2 atom stereocenters. The monoisotopic (exact) mass is 243 g/mol. The maximum atomic E-state index is 11.8. The Morgan fingerprint density at radius 1 is 1.27 bits per heavy atom. The van der Waals surface area contributed by atoms with Gasteiger partial charge in [0.15, 0.2) is 0 Å². The predicted molar refractivity (Wildman–Crippen MR) is 54.7 cm³/mol. The number of ether oxygens (including phenoxy) is 1. The van der Waals surface area contributed by atoms with E-state index < -0.39 is 5.51 Å². The zero-order chi connectivity index (χ0) is 11.3. The molecule has 0 aromatic heterocycles. The summed E-state index contributed by atoms with van der Waals surface area (Å²) in [5, 5.41) is 0. The van der Waals surface area contributed by atoms with Crippen LogP contribution in [0.2, 0.25) is 0 Å². The molecule has 2 N–H and O–H groups in total. The number of thioether (sulfide) groups is 1. The van der Waals surface area contributed by atoms with Crippen LogP contribution in [0.15, 0.2) is 0 Å². The molecule has 1 fully saturated rings. The average Bonchev–Trinajstić information content (AvgIpc) is 2.13. The third-order valence-electron chi connectivity index (χ3n) is 2.43. The van der Waals surface area contributed by atoms with Crippen molar-refractivity contribution in [1.82, 2.24) is 0 Å². The highest BCUT2D eigenvalue weighted by Crippen LogP contribution is 2.30. The van der Waals surface area contributed by atoms with Crippen LogP contribution in [0.25, 0.3) is 0 Å². The molecule has 0 spiro atoms. The molecule has 1 aliphatic rings. The number of hydrogen-bond acceptors (Lipinski definition) is 3. The zero-order valence-electron chi connectivity index (χ0n) is 8.43. The minimum absolute atomic E-state index is 0.00497. The maximum Gasteiger partial charge on any atom is 0.441 e. The van der Waals surface area contributed by atoms with Gasteiger partial charge in [0.25, 0.3) is 0 Å². The van der Waals surface area contributed by atoms with Crippen molar-refractivity contribution >= 4 is 11.8 Å². The van der Waals surface area contributed by atoms with Crippen molar-refractivity contribution in [2.45, 2.75) is 43.3 Å². The molecule has 1 rings (SSSR count). The lowest BCUT2D eigenvalue weighted by molar-refractivity contribution is -0.0338. The van der Waals surface area contributed by atoms with E-state index in [4.69, 9.17) is 10.5 Å². The van der Waals surface area contributed by atoms with Crippen molar-refractivity contribution in [2.75, 3.05) is 12.4 Å². The molecule has 1 aliphatic carbocycles. The lowest BCUT2D eigenvalue weighted by atomic mass is 9.93. The summed E-state index contributed by atoms with van der Waals surface area (Å²) in [7, 11) is 0. The van der Waals surface area contributed by atoms with Crippen LogP contribution in [0.5, 0.6) is 0 Å². The van der Waals surface area contributed by atoms with Gasteiger partial charge in [-0.15, -0.1) is 0 Å². The third-order valence-corrected chi connectivity index (χ3v) is 3.13. The summed E-state index contributed by atoms with van der Waals surface area (Å²) in [6.07, 6.45) is 3.89. The lowest BCUT2D eigenvalue weighted by Crippen LogP contribution is -2.39. The Balaban J connectivity index is 2.08. The van der Waals surface area contributed by atoms with E-state index in [1.165, 1.54) is 0 Å². The summed E-state index contributed by atoms with van der Waals surface area (Å²) in [6.45, 7) is 0.128. The Morgan fingerprint density at radius 3 is 2.53 bits per heavy atom. The summed E-state index contributed by atoms with van der Waals surface area (Å²) in [6, 6.07) is -0.00497. The van der Waals surface area contributed by atoms with E-state index >= 15 is 0 Å². The molecule has 2 unspecified atom stereocenters. The van der Waals surface area contributed by atoms with Gasteiger partial charge in [0, 0.05) is 11.8 Å². The lowest BCUT2D eigenvalue weighted by Gasteiger charge is -2.28. The summed E-state index contributed by atoms with van der Waals surface area (Å²) < 4.78 is 40.7. The molecule has 0 heterocycles. The van der Waals surface area contributed by atoms with Crippen molar-refractivity contribution in [3.8, 4) is 0 Å². The number of hydrogen-bond donors (Lipinski definition) is 1. The first-order chi connectivity index (χ1) is 6.99. The standard InChI is InChI=1S/C9H16F3NOS/c10-9(11,12)15-6-5-14-8-4-2-1-3-7(8)13/h7-8H,1-6,13H2. The normalized spacial score (nSPS) is 28.0. The van der Waals surface area contributed by atoms with Gasteiger partial charge < -0.3 is 10.5 Å². The molecule has 15 heavy (non-hydrogen) atoms. The molecule has 2 nitrogen and oxygen atoms in total. The fourth-order valence-electron chi connectivity index (χ4n) is 1.69. The van der Waals surface area contributed by atoms with Crippen LogP contribution in [0.3, 0.4) is 0 Å². The fraction of sp³-hybridized carbons (Fsp3) is 1.00. The average molecular weight is 243 g/mol. The van der Waals surface area contributed by atoms with Crippen molar-refractivity contribution < 1.29 is 17.9 Å². The Morgan fingerprint density at radius 2 is 1.93 bits per heavy atom. The van der Waals surface area contributed by atoms with Gasteiger partial charge in [-0.05, 0) is 24.6 Å². The largest absolute Gasteiger partial charge is 0.441 e. The van der Waals surface area contributed by atoms with E-state index in [-0.39, 0.29) is 36.3 Å². The predicted octanol–water partition coefficient (Wildman–Crippen LogP) is 2.53. The molecular formula is C9H16F3NOS. The molecule has 0 saturated heterocycles. The van der Waals surface area contributed by atoms with Crippen molar-refractivity contribution in [1.29, 1.82) is 0 Å². The highest BCUT2D eigenvalue weighted by atomic mass is 32.2. The van der Waals surface area contributed by atoms with Gasteiger partial charge in [-0.3, -0.25) is 0 Å². The first-order valence-corrected chi connectivity index (χ1v) is 6.05. The first-order valence-electron chi connectivity index (χ1n) is 5.07. The van der Waals surface area contributed by atoms with E-state index in [9.17, 15) is 13.2 Å². The van der Waals surface area contributed by atoms with Crippen LogP contribution in [0, 0.1) is 0 Å². The second kappa shape index (κ2) is 5.96. The second-order valence-electron chi connectivity index (χ2n) is 3.65. The topological polar surface area (TPSA) is 35.2 Å². The Bertz CT molecular complexity index is 189. The molecule has 0 aliphatic heterocycles. The van der Waals surface area contributed by atoms with Gasteiger partial charge in [0.2, 0.25) is 0 Å². The molecule has 0 amide bonds. The smallest absolute Gasteiger partial charge is 0.376 e. The molecular weight excluding hydrogens is 227 g/mol. The quantitative estimate of drug-likeness (QED) is 0.771. The van der Waals surface area contributed by atoms with Crippen LogP contribution in [0.4, 0.5) is 13.2 Å². The van der Waals surface area contributed by atoms with Crippen molar-refractivity contribution in [3.63, 3.8) is 0 Å². The molecule has 0 aromatic carbocycles. The SMILES string of the molecule is NC1CCCCC1OCCSC(F)(F)F. The van der Waals surface area contributed by atoms with Crippen LogP contribution in [-0.4, -0.2) is 30.0 Å². The van der Waals surface area contributed by atoms with E-state index in [1.54, 1.807) is 0 Å². The fourth-order valence-corrected chi connectivity index (χ4v) is 2.10. The van der Waals surface area contributed by atoms with Gasteiger partial charge >= 0.3 is 5.51 Å². The summed E-state index contributed by atoms with van der Waals surface area (Å²) in [5.74, 6) is -0.0489. The molecule has 0 radical (unpaired) electrons. The van der Waals surface area contributed by atoms with Crippen molar-refractivity contribution in [2.24, 2.45) is 5.73 Å². The van der Waals surface area contributed by atoms with Gasteiger partial charge in [-0.2, -0.15) is 13.2 Å². The maximum absolute atomic E-state index is 11.8.